The molecular weight excluding hydrogens is 341 g/mol. The second-order valence-corrected chi connectivity index (χ2v) is 7.58. The fourth-order valence-corrected chi connectivity index (χ4v) is 3.02. The highest BCUT2D eigenvalue weighted by Gasteiger charge is 2.30. The molecule has 1 aromatic heterocycles. The van der Waals surface area contributed by atoms with Gasteiger partial charge in [-0.2, -0.15) is 0 Å². The van der Waals surface area contributed by atoms with Crippen molar-refractivity contribution in [1.29, 1.82) is 0 Å². The number of halogens is 1. The van der Waals surface area contributed by atoms with Gasteiger partial charge in [-0.05, 0) is 44.0 Å². The lowest BCUT2D eigenvalue weighted by molar-refractivity contribution is 0.0886. The van der Waals surface area contributed by atoms with Gasteiger partial charge < -0.3 is 15.8 Å². The van der Waals surface area contributed by atoms with E-state index in [1.807, 2.05) is 20.8 Å². The maximum absolute atomic E-state index is 12.9. The molecule has 0 aliphatic heterocycles. The standard InChI is InChI=1S/C18H24FN3O2S/c1-11(2)18(4,10-20)22-17(23)16-12(3)21-15(25-16)9-24-14-7-5-13(19)6-8-14/h5-8,11H,9-10,20H2,1-4H3,(H,22,23). The Kier molecular flexibility index (Phi) is 6.13. The van der Waals surface area contributed by atoms with Crippen molar-refractivity contribution in [3.8, 4) is 5.75 Å². The number of carbonyl (C=O) groups excluding carboxylic acids is 1. The number of nitrogens with two attached hydrogens (primary N) is 1. The molecule has 0 saturated heterocycles. The van der Waals surface area contributed by atoms with Gasteiger partial charge in [-0.1, -0.05) is 13.8 Å². The van der Waals surface area contributed by atoms with Crippen LogP contribution in [0.5, 0.6) is 5.75 Å². The molecule has 2 rings (SSSR count). The van der Waals surface area contributed by atoms with Gasteiger partial charge in [0, 0.05) is 6.54 Å². The maximum Gasteiger partial charge on any atom is 0.263 e. The van der Waals surface area contributed by atoms with E-state index in [2.05, 4.69) is 10.3 Å². The summed E-state index contributed by atoms with van der Waals surface area (Å²) >= 11 is 1.29. The molecule has 3 N–H and O–H groups in total. The van der Waals surface area contributed by atoms with Crippen LogP contribution in [0.3, 0.4) is 0 Å². The minimum Gasteiger partial charge on any atom is -0.486 e. The Morgan fingerprint density at radius 3 is 2.60 bits per heavy atom. The lowest BCUT2D eigenvalue weighted by atomic mass is 9.88. The topological polar surface area (TPSA) is 77.2 Å². The quantitative estimate of drug-likeness (QED) is 0.789. The highest BCUT2D eigenvalue weighted by Crippen LogP contribution is 2.22. The van der Waals surface area contributed by atoms with Crippen LogP contribution in [0.25, 0.3) is 0 Å². The van der Waals surface area contributed by atoms with Crippen LogP contribution in [0, 0.1) is 18.7 Å². The molecule has 0 saturated carbocycles. The number of ether oxygens (including phenoxy) is 1. The first-order chi connectivity index (χ1) is 11.7. The number of hydrogen-bond acceptors (Lipinski definition) is 5. The van der Waals surface area contributed by atoms with E-state index in [0.29, 0.717) is 27.9 Å². The molecule has 25 heavy (non-hydrogen) atoms. The number of nitrogens with zero attached hydrogens (tertiary/aromatic N) is 1. The number of amides is 1. The number of aromatic nitrogens is 1. The van der Waals surface area contributed by atoms with E-state index in [-0.39, 0.29) is 24.2 Å². The molecule has 2 aromatic rings. The van der Waals surface area contributed by atoms with Crippen LogP contribution in [0.2, 0.25) is 0 Å². The lowest BCUT2D eigenvalue weighted by Crippen LogP contribution is -2.54. The van der Waals surface area contributed by atoms with Gasteiger partial charge in [-0.25, -0.2) is 9.37 Å². The van der Waals surface area contributed by atoms with Crippen LogP contribution in [0.4, 0.5) is 4.39 Å². The minimum absolute atomic E-state index is 0.176. The number of hydrogen-bond donors (Lipinski definition) is 2. The largest absolute Gasteiger partial charge is 0.486 e. The van der Waals surface area contributed by atoms with Crippen LogP contribution < -0.4 is 15.8 Å². The summed E-state index contributed by atoms with van der Waals surface area (Å²) in [5.74, 6) is 0.265. The molecule has 0 fully saturated rings. The fraction of sp³-hybridized carbons (Fsp3) is 0.444. The first-order valence-electron chi connectivity index (χ1n) is 8.12. The zero-order chi connectivity index (χ0) is 18.6. The van der Waals surface area contributed by atoms with Crippen LogP contribution in [-0.2, 0) is 6.61 Å². The molecule has 0 aliphatic carbocycles. The fourth-order valence-electron chi connectivity index (χ4n) is 2.15. The van der Waals surface area contributed by atoms with E-state index in [4.69, 9.17) is 10.5 Å². The summed E-state index contributed by atoms with van der Waals surface area (Å²) in [6, 6.07) is 5.78. The first kappa shape index (κ1) is 19.3. The van der Waals surface area contributed by atoms with Gasteiger partial charge in [-0.3, -0.25) is 4.79 Å². The highest BCUT2D eigenvalue weighted by atomic mass is 32.1. The van der Waals surface area contributed by atoms with Crippen molar-refractivity contribution in [1.82, 2.24) is 10.3 Å². The number of rotatable bonds is 7. The van der Waals surface area contributed by atoms with Crippen molar-refractivity contribution < 1.29 is 13.9 Å². The Morgan fingerprint density at radius 1 is 1.40 bits per heavy atom. The second kappa shape index (κ2) is 7.93. The van der Waals surface area contributed by atoms with Crippen LogP contribution >= 0.6 is 11.3 Å². The highest BCUT2D eigenvalue weighted by molar-refractivity contribution is 7.13. The van der Waals surface area contributed by atoms with Crippen molar-refractivity contribution in [3.05, 3.63) is 45.7 Å². The molecule has 0 bridgehead atoms. The summed E-state index contributed by atoms with van der Waals surface area (Å²) < 4.78 is 18.5. The summed E-state index contributed by atoms with van der Waals surface area (Å²) in [5.41, 5.74) is 6.01. The Morgan fingerprint density at radius 2 is 2.04 bits per heavy atom. The molecule has 0 aliphatic rings. The monoisotopic (exact) mass is 365 g/mol. The van der Waals surface area contributed by atoms with E-state index in [1.54, 1.807) is 19.1 Å². The summed E-state index contributed by atoms with van der Waals surface area (Å²) in [7, 11) is 0. The molecule has 1 aromatic carbocycles. The van der Waals surface area contributed by atoms with Crippen LogP contribution in [0.15, 0.2) is 24.3 Å². The van der Waals surface area contributed by atoms with Gasteiger partial charge in [0.15, 0.2) is 0 Å². The van der Waals surface area contributed by atoms with Gasteiger partial charge in [-0.15, -0.1) is 11.3 Å². The van der Waals surface area contributed by atoms with E-state index in [1.165, 1.54) is 23.5 Å². The third-order valence-corrected chi connectivity index (χ3v) is 5.45. The van der Waals surface area contributed by atoms with Crippen molar-refractivity contribution in [2.75, 3.05) is 6.54 Å². The average molecular weight is 365 g/mol. The summed E-state index contributed by atoms with van der Waals surface area (Å²) in [6.45, 7) is 8.35. The van der Waals surface area contributed by atoms with Gasteiger partial charge in [0.1, 0.15) is 28.1 Å². The number of thiazole rings is 1. The second-order valence-electron chi connectivity index (χ2n) is 6.50. The predicted octanol–water partition coefficient (Wildman–Crippen LogP) is 3.27. The van der Waals surface area contributed by atoms with E-state index in [9.17, 15) is 9.18 Å². The lowest BCUT2D eigenvalue weighted by Gasteiger charge is -2.33. The minimum atomic E-state index is -0.474. The smallest absolute Gasteiger partial charge is 0.263 e. The molecule has 0 radical (unpaired) electrons. The summed E-state index contributed by atoms with van der Waals surface area (Å²) in [5, 5.41) is 3.70. The molecule has 1 heterocycles. The molecule has 1 unspecified atom stereocenters. The normalized spacial score (nSPS) is 13.6. The van der Waals surface area contributed by atoms with Gasteiger partial charge >= 0.3 is 0 Å². The predicted molar refractivity (Wildman–Crippen MR) is 97.3 cm³/mol. The van der Waals surface area contributed by atoms with E-state index < -0.39 is 5.54 Å². The van der Waals surface area contributed by atoms with Crippen molar-refractivity contribution in [2.24, 2.45) is 11.7 Å². The maximum atomic E-state index is 12.9. The Labute approximate surface area is 151 Å². The molecule has 7 heteroatoms. The Bertz CT molecular complexity index is 730. The van der Waals surface area contributed by atoms with E-state index in [0.717, 1.165) is 0 Å². The Hall–Kier alpha value is -1.99. The van der Waals surface area contributed by atoms with Crippen molar-refractivity contribution in [3.63, 3.8) is 0 Å². The average Bonchev–Trinajstić information content (AvgIpc) is 2.95. The third-order valence-electron chi connectivity index (χ3n) is 4.32. The zero-order valence-corrected chi connectivity index (χ0v) is 15.7. The number of carbonyl (C=O) groups is 1. The molecule has 5 nitrogen and oxygen atoms in total. The van der Waals surface area contributed by atoms with Crippen LogP contribution in [0.1, 0.15) is 41.1 Å². The zero-order valence-electron chi connectivity index (χ0n) is 14.9. The van der Waals surface area contributed by atoms with Gasteiger partial charge in [0.05, 0.1) is 11.2 Å². The molecule has 1 atom stereocenters. The molecule has 1 amide bonds. The SMILES string of the molecule is Cc1nc(COc2ccc(F)cc2)sc1C(=O)NC(C)(CN)C(C)C. The van der Waals surface area contributed by atoms with E-state index >= 15 is 0 Å². The van der Waals surface area contributed by atoms with Gasteiger partial charge in [0.25, 0.3) is 5.91 Å². The molecule has 0 spiro atoms. The molecule has 136 valence electrons. The number of aryl methyl sites for hydroxylation is 1. The Balaban J connectivity index is 2.06. The van der Waals surface area contributed by atoms with Crippen molar-refractivity contribution in [2.45, 2.75) is 39.8 Å². The van der Waals surface area contributed by atoms with Gasteiger partial charge in [0.2, 0.25) is 0 Å². The number of benzene rings is 1. The third kappa shape index (κ3) is 4.76. The van der Waals surface area contributed by atoms with Crippen LogP contribution in [-0.4, -0.2) is 23.0 Å². The summed E-state index contributed by atoms with van der Waals surface area (Å²) in [6.07, 6.45) is 0. The number of nitrogens with one attached hydrogen (secondary N) is 1. The summed E-state index contributed by atoms with van der Waals surface area (Å²) in [4.78, 5) is 17.5. The first-order valence-corrected chi connectivity index (χ1v) is 8.94. The molecular formula is C18H24FN3O2S. The van der Waals surface area contributed by atoms with Crippen molar-refractivity contribution >= 4 is 17.2 Å².